The van der Waals surface area contributed by atoms with Gasteiger partial charge in [-0.15, -0.1) is 0 Å². The first kappa shape index (κ1) is 22.9. The molecular formula is C22H46InN. The molecule has 0 aromatic rings. The van der Waals surface area contributed by atoms with Crippen LogP contribution in [-0.4, -0.2) is 45.0 Å². The van der Waals surface area contributed by atoms with Gasteiger partial charge in [0.15, 0.2) is 0 Å². The van der Waals surface area contributed by atoms with Crippen LogP contribution >= 0.6 is 0 Å². The summed E-state index contributed by atoms with van der Waals surface area (Å²) in [5, 5.41) is 0. The van der Waals surface area contributed by atoms with Crippen LogP contribution in [0.1, 0.15) is 93.9 Å². The van der Waals surface area contributed by atoms with Crippen LogP contribution in [0.4, 0.5) is 0 Å². The van der Waals surface area contributed by atoms with Crippen LogP contribution in [0.25, 0.3) is 0 Å². The maximum atomic E-state index is 2.98. The third-order valence-electron chi connectivity index (χ3n) is 7.60. The van der Waals surface area contributed by atoms with Crippen LogP contribution in [0.15, 0.2) is 0 Å². The van der Waals surface area contributed by atoms with Crippen molar-refractivity contribution in [2.75, 3.05) is 6.54 Å². The van der Waals surface area contributed by atoms with Gasteiger partial charge >= 0.3 is 162 Å². The molecular weight excluding hydrogens is 393 g/mol. The van der Waals surface area contributed by atoms with Crippen molar-refractivity contribution in [3.8, 4) is 0 Å². The van der Waals surface area contributed by atoms with Gasteiger partial charge in [-0.1, -0.05) is 0 Å². The molecule has 1 heterocycles. The second kappa shape index (κ2) is 11.5. The van der Waals surface area contributed by atoms with Crippen LogP contribution in [0, 0.1) is 11.8 Å². The van der Waals surface area contributed by atoms with E-state index < -0.39 is 21.4 Å². The van der Waals surface area contributed by atoms with Gasteiger partial charge in [0.1, 0.15) is 0 Å². The van der Waals surface area contributed by atoms with Gasteiger partial charge in [-0.05, 0) is 0 Å². The Balaban J connectivity index is 3.45. The van der Waals surface area contributed by atoms with Gasteiger partial charge in [0.25, 0.3) is 0 Å². The summed E-state index contributed by atoms with van der Waals surface area (Å²) < 4.78 is 3.83. The van der Waals surface area contributed by atoms with E-state index in [4.69, 9.17) is 0 Å². The fourth-order valence-electron chi connectivity index (χ4n) is 6.77. The standard InChI is InChI=1S/C20H41N.C2H5.In/c1-8-15-17(10-3)19(12-5)21(14-7)20(13-6)18(11-4)16-9-2;1-2;/h15-20H,8-14H2,1-7H3;1H2,2H3;. The Hall–Kier alpha value is 0.830. The van der Waals surface area contributed by atoms with Crippen LogP contribution < -0.4 is 0 Å². The summed E-state index contributed by atoms with van der Waals surface area (Å²) in [4.78, 5) is 2.98. The second-order valence-corrected chi connectivity index (χ2v) is 19.1. The molecule has 1 saturated heterocycles. The minimum atomic E-state index is -1.58. The first-order chi connectivity index (χ1) is 11.6. The van der Waals surface area contributed by atoms with Crippen molar-refractivity contribution in [3.63, 3.8) is 0 Å². The van der Waals surface area contributed by atoms with Gasteiger partial charge in [-0.25, -0.2) is 0 Å². The molecule has 0 amide bonds. The van der Waals surface area contributed by atoms with E-state index >= 15 is 0 Å². The Morgan fingerprint density at radius 2 is 1.00 bits per heavy atom. The molecule has 142 valence electrons. The van der Waals surface area contributed by atoms with E-state index in [1.807, 2.05) is 0 Å². The van der Waals surface area contributed by atoms with Gasteiger partial charge < -0.3 is 0 Å². The van der Waals surface area contributed by atoms with Gasteiger partial charge in [0, 0.05) is 0 Å². The Morgan fingerprint density at radius 1 is 0.583 bits per heavy atom. The van der Waals surface area contributed by atoms with Gasteiger partial charge in [0.2, 0.25) is 0 Å². The zero-order valence-corrected chi connectivity index (χ0v) is 21.4. The number of nitrogens with zero attached hydrogens (tertiary/aromatic N) is 1. The van der Waals surface area contributed by atoms with Crippen LogP contribution in [0.2, 0.25) is 11.5 Å². The molecule has 2 heteroatoms. The van der Waals surface area contributed by atoms with Gasteiger partial charge in [0.05, 0.1) is 0 Å². The summed E-state index contributed by atoms with van der Waals surface area (Å²) in [6.45, 7) is 21.2. The predicted octanol–water partition coefficient (Wildman–Crippen LogP) is 7.01. The molecule has 0 spiro atoms. The molecule has 0 aromatic heterocycles. The predicted molar refractivity (Wildman–Crippen MR) is 112 cm³/mol. The molecule has 1 rings (SSSR count). The summed E-state index contributed by atoms with van der Waals surface area (Å²) >= 11 is -1.58. The van der Waals surface area contributed by atoms with E-state index in [2.05, 4.69) is 60.3 Å². The summed E-state index contributed by atoms with van der Waals surface area (Å²) in [6.07, 6.45) is 8.45. The van der Waals surface area contributed by atoms with Crippen molar-refractivity contribution in [2.24, 2.45) is 11.8 Å². The van der Waals surface area contributed by atoms with E-state index in [0.717, 1.165) is 31.3 Å². The summed E-state index contributed by atoms with van der Waals surface area (Å²) in [5.41, 5.74) is 0. The van der Waals surface area contributed by atoms with Crippen molar-refractivity contribution in [2.45, 2.75) is 118 Å². The molecule has 0 aromatic carbocycles. The fourth-order valence-corrected chi connectivity index (χ4v) is 22.1. The van der Waals surface area contributed by atoms with E-state index in [9.17, 15) is 0 Å². The maximum absolute atomic E-state index is 2.98. The van der Waals surface area contributed by atoms with Crippen molar-refractivity contribution in [1.29, 1.82) is 0 Å². The Labute approximate surface area is 161 Å². The van der Waals surface area contributed by atoms with Crippen molar-refractivity contribution >= 4 is 21.4 Å². The molecule has 0 bridgehead atoms. The molecule has 6 atom stereocenters. The molecule has 0 saturated carbocycles. The first-order valence-electron chi connectivity index (χ1n) is 11.3. The van der Waals surface area contributed by atoms with E-state index in [-0.39, 0.29) is 0 Å². The molecule has 1 aliphatic rings. The quantitative estimate of drug-likeness (QED) is 0.393. The van der Waals surface area contributed by atoms with Crippen LogP contribution in [0.3, 0.4) is 0 Å². The van der Waals surface area contributed by atoms with Crippen LogP contribution in [0.5, 0.6) is 0 Å². The van der Waals surface area contributed by atoms with Crippen molar-refractivity contribution in [3.05, 3.63) is 0 Å². The molecule has 0 aliphatic carbocycles. The Bertz CT molecular complexity index is 220. The molecule has 1 nitrogen and oxygen atoms in total. The Morgan fingerprint density at radius 3 is 1.21 bits per heavy atom. The normalized spacial score (nSPS) is 35.8. The minimum absolute atomic E-state index is 0.840. The van der Waals surface area contributed by atoms with E-state index in [0.29, 0.717) is 0 Å². The summed E-state index contributed by atoms with van der Waals surface area (Å²) in [5.74, 6) is 1.95. The molecule has 6 unspecified atom stereocenters. The SMILES string of the molecule is CCC1C(CC)N(CC)C(CC)C(CC)[CH](CC)[In]([CH2]C)[CH]1CC. The van der Waals surface area contributed by atoms with Crippen molar-refractivity contribution in [1.82, 2.24) is 4.90 Å². The fraction of sp³-hybridized carbons (Fsp3) is 1.00. The zero-order chi connectivity index (χ0) is 18.3. The van der Waals surface area contributed by atoms with Crippen LogP contribution in [-0.2, 0) is 0 Å². The van der Waals surface area contributed by atoms with E-state index in [1.165, 1.54) is 45.1 Å². The third kappa shape index (κ3) is 4.56. The number of rotatable bonds is 8. The molecule has 0 radical (unpaired) electrons. The van der Waals surface area contributed by atoms with Crippen molar-refractivity contribution < 1.29 is 0 Å². The van der Waals surface area contributed by atoms with Gasteiger partial charge in [-0.3, -0.25) is 0 Å². The average molecular weight is 439 g/mol. The number of hydrogen-bond donors (Lipinski definition) is 0. The Kier molecular flexibility index (Phi) is 11.0. The molecule has 0 N–H and O–H groups in total. The second-order valence-electron chi connectivity index (χ2n) is 8.14. The summed E-state index contributed by atoms with van der Waals surface area (Å²) in [6, 6.07) is 1.68. The topological polar surface area (TPSA) is 3.24 Å². The molecule has 1 fully saturated rings. The molecule has 1 aliphatic heterocycles. The monoisotopic (exact) mass is 439 g/mol. The molecule has 24 heavy (non-hydrogen) atoms. The van der Waals surface area contributed by atoms with E-state index in [1.54, 1.807) is 4.18 Å². The zero-order valence-electron chi connectivity index (χ0n) is 18.1. The van der Waals surface area contributed by atoms with Gasteiger partial charge in [-0.2, -0.15) is 0 Å². The number of hydrogen-bond acceptors (Lipinski definition) is 1. The first-order valence-corrected chi connectivity index (χ1v) is 17.5. The summed E-state index contributed by atoms with van der Waals surface area (Å²) in [7, 11) is 0. The average Bonchev–Trinajstić information content (AvgIpc) is 2.61. The third-order valence-corrected chi connectivity index (χ3v) is 22.1.